The van der Waals surface area contributed by atoms with Crippen molar-refractivity contribution in [2.75, 3.05) is 40.0 Å². The first kappa shape index (κ1) is 69.3. The average molecular weight is 1720 g/mol. The number of allylic oxidation sites excluding steroid dienone is 30. The Kier molecular flexibility index (Phi) is 18.3. The molecular formula is C90H78Cl2IP3Zr3. The van der Waals surface area contributed by atoms with E-state index in [9.17, 15) is 0 Å². The number of rotatable bonds is 6. The summed E-state index contributed by atoms with van der Waals surface area (Å²) >= 11 is -3.07. The summed E-state index contributed by atoms with van der Waals surface area (Å²) in [6.45, 7) is 22.1. The molecule has 0 aromatic heterocycles. The van der Waals surface area contributed by atoms with Gasteiger partial charge in [0.05, 0.1) is 0 Å². The molecular weight excluding hydrogens is 1650 g/mol. The summed E-state index contributed by atoms with van der Waals surface area (Å²) in [4.78, 5) is 0. The predicted molar refractivity (Wildman–Crippen MR) is 407 cm³/mol. The van der Waals surface area contributed by atoms with Crippen molar-refractivity contribution < 1.29 is 118 Å². The van der Waals surface area contributed by atoms with Gasteiger partial charge in [-0.1, -0.05) is 0 Å². The van der Waals surface area contributed by atoms with Crippen LogP contribution in [-0.4, -0.2) is 40.0 Å². The Bertz CT molecular complexity index is 4760. The van der Waals surface area contributed by atoms with Crippen molar-refractivity contribution in [3.63, 3.8) is 0 Å². The van der Waals surface area contributed by atoms with Crippen molar-refractivity contribution in [3.8, 4) is 0 Å². The van der Waals surface area contributed by atoms with Crippen LogP contribution in [0.15, 0.2) is 270 Å². The maximum Gasteiger partial charge on any atom is -1.00 e. The Morgan fingerprint density at radius 3 is 0.747 bits per heavy atom. The average Bonchev–Trinajstić information content (AvgIpc) is 1.63. The van der Waals surface area contributed by atoms with E-state index in [-0.39, 0.29) is 48.8 Å². The third kappa shape index (κ3) is 11.0. The summed E-state index contributed by atoms with van der Waals surface area (Å²) in [6, 6.07) is 36.2. The zero-order valence-electron chi connectivity index (χ0n) is 57.6. The number of hydrogen-bond donors (Lipinski definition) is 0. The van der Waals surface area contributed by atoms with Gasteiger partial charge in [0.15, 0.2) is 0 Å². The SMILES string of the molecule is Cc1ccc2c(c1)[C]([Zr][C]1=C3C=CC=CC3c3ccc4c(c31)[P+](C)(C)C4)=C1C=CC=CC12.Cc1ccc2c(c1)[C]([Zr][C]1=C3C=CC=CC3c3ccc4c(c31)[P+](C)(C)C4)=C1C=CC=CC12.Cc1ccc2c(c1)[C]([Zr][C]1=C3C=CC=CC3c3ccc4c(c31)[P+](C)(C)C4)=C1C=CC=CC12.[Cl-].[Cl-].[I-]. The fraction of sp³-hybridized carbons (Fsp3) is 0.200. The number of halogens is 3. The molecule has 12 aliphatic carbocycles. The fourth-order valence-electron chi connectivity index (χ4n) is 19.1. The van der Waals surface area contributed by atoms with Crippen LogP contribution in [0, 0.1) is 20.8 Å². The summed E-state index contributed by atoms with van der Waals surface area (Å²) in [5, 5.41) is 5.29. The van der Waals surface area contributed by atoms with Gasteiger partial charge in [-0.25, -0.2) is 0 Å². The fourth-order valence-corrected chi connectivity index (χ4v) is 41.2. The van der Waals surface area contributed by atoms with Crippen LogP contribution in [0.4, 0.5) is 0 Å². The number of benzene rings is 6. The zero-order chi connectivity index (χ0) is 64.8. The summed E-state index contributed by atoms with van der Waals surface area (Å²) in [6.07, 6.45) is 60.0. The first-order valence-electron chi connectivity index (χ1n) is 34.8. The van der Waals surface area contributed by atoms with E-state index >= 15 is 0 Å². The number of aryl methyl sites for hydroxylation is 3. The summed E-state index contributed by atoms with van der Waals surface area (Å²) in [5.41, 5.74) is 37.6. The van der Waals surface area contributed by atoms with Crippen LogP contribution in [0.3, 0.4) is 0 Å². The number of fused-ring (bicyclic) bond motifs is 24. The first-order chi connectivity index (χ1) is 46.6. The van der Waals surface area contributed by atoms with E-state index in [0.29, 0.717) is 35.5 Å². The van der Waals surface area contributed by atoms with Crippen molar-refractivity contribution in [2.45, 2.75) is 74.8 Å². The molecule has 6 atom stereocenters. The van der Waals surface area contributed by atoms with Crippen molar-refractivity contribution >= 4 is 57.4 Å². The van der Waals surface area contributed by atoms with Crippen LogP contribution in [0.25, 0.3) is 19.7 Å². The van der Waals surface area contributed by atoms with Crippen LogP contribution in [0.2, 0.25) is 0 Å². The Labute approximate surface area is 653 Å². The second kappa shape index (κ2) is 26.2. The van der Waals surface area contributed by atoms with Crippen LogP contribution < -0.4 is 64.7 Å². The standard InChI is InChI=1S/3C16H15P.3C14H11.2ClH.HI.3Zr/c3*1-17(2)10-12-7-8-14-13-6-4-3-5-11(13)9-15(14)16(12)17;3*1-10-6-7-14-12(8-10)9-11-4-2-3-5-13(11)14;;;;;;/h3*3-8,13H,10H2,1-2H3;3*2-8,13H,1H3;3*1H;;;/q3*+1;;;;;;;;;/p-3. The molecule has 99 heavy (non-hydrogen) atoms. The van der Waals surface area contributed by atoms with Gasteiger partial charge in [0.2, 0.25) is 0 Å². The molecule has 3 aliphatic heterocycles. The molecule has 0 amide bonds. The quantitative estimate of drug-likeness (QED) is 0.115. The maximum absolute atomic E-state index is 2.55. The van der Waals surface area contributed by atoms with Gasteiger partial charge in [0, 0.05) is 0 Å². The maximum atomic E-state index is 2.55. The Morgan fingerprint density at radius 2 is 0.505 bits per heavy atom. The van der Waals surface area contributed by atoms with Crippen LogP contribution >= 0.6 is 21.8 Å². The largest absolute Gasteiger partial charge is 1.00 e. The van der Waals surface area contributed by atoms with E-state index in [0.717, 1.165) is 0 Å². The molecule has 0 fully saturated rings. The molecule has 3 heterocycles. The molecule has 0 N–H and O–H groups in total. The Balaban J connectivity index is 0.000000114. The Morgan fingerprint density at radius 1 is 0.283 bits per heavy atom. The second-order valence-corrected chi connectivity index (χ2v) is 52.2. The zero-order valence-corrected chi connectivity index (χ0v) is 71.3. The smallest absolute Gasteiger partial charge is 1.00 e. The molecule has 0 radical (unpaired) electrons. The van der Waals surface area contributed by atoms with Crippen molar-refractivity contribution in [3.05, 3.63) is 370 Å². The van der Waals surface area contributed by atoms with Crippen molar-refractivity contribution in [2.24, 2.45) is 0 Å². The van der Waals surface area contributed by atoms with Crippen LogP contribution in [-0.2, 0) is 88.2 Å². The molecule has 15 aliphatic rings. The monoisotopic (exact) mass is 1720 g/mol. The van der Waals surface area contributed by atoms with E-state index in [2.05, 4.69) is 298 Å². The number of hydrogen-bond acceptors (Lipinski definition) is 0. The molecule has 0 saturated carbocycles. The normalized spacial score (nSPS) is 24.0. The summed E-state index contributed by atoms with van der Waals surface area (Å²) < 4.78 is 10.4. The third-order valence-electron chi connectivity index (χ3n) is 23.2. The van der Waals surface area contributed by atoms with E-state index in [1.54, 1.807) is 136 Å². The minimum Gasteiger partial charge on any atom is -1.00 e. The summed E-state index contributed by atoms with van der Waals surface area (Å²) in [7, 11) is -2.95. The minimum absolute atomic E-state index is 0. The first-order valence-corrected chi connectivity index (χ1v) is 50.7. The molecule has 0 bridgehead atoms. The van der Waals surface area contributed by atoms with Gasteiger partial charge < -0.3 is 48.8 Å². The van der Waals surface area contributed by atoms with Gasteiger partial charge in [-0.2, -0.15) is 0 Å². The van der Waals surface area contributed by atoms with Gasteiger partial charge >= 0.3 is 612 Å². The van der Waals surface area contributed by atoms with Gasteiger partial charge in [0.25, 0.3) is 0 Å². The summed E-state index contributed by atoms with van der Waals surface area (Å²) in [5.74, 6) is 2.78. The van der Waals surface area contributed by atoms with Gasteiger partial charge in [-0.05, 0) is 0 Å². The van der Waals surface area contributed by atoms with Crippen LogP contribution in [0.5, 0.6) is 0 Å². The Hall–Kier alpha value is -4.11. The van der Waals surface area contributed by atoms with E-state index < -0.39 is 91.5 Å². The second-order valence-electron chi connectivity index (χ2n) is 30.6. The molecule has 9 heteroatoms. The predicted octanol–water partition coefficient (Wildman–Crippen LogP) is 12.2. The van der Waals surface area contributed by atoms with Gasteiger partial charge in [-0.3, -0.25) is 0 Å². The topological polar surface area (TPSA) is 0 Å². The van der Waals surface area contributed by atoms with Gasteiger partial charge in [0.1, 0.15) is 0 Å². The molecule has 0 saturated heterocycles. The molecule has 486 valence electrons. The molecule has 6 unspecified atom stereocenters. The molecule has 0 spiro atoms. The van der Waals surface area contributed by atoms with E-state index in [1.807, 2.05) is 0 Å². The molecule has 21 rings (SSSR count). The molecule has 6 aromatic rings. The third-order valence-corrected chi connectivity index (χ3v) is 43.6. The van der Waals surface area contributed by atoms with Crippen molar-refractivity contribution in [1.82, 2.24) is 0 Å². The van der Waals surface area contributed by atoms with Gasteiger partial charge in [-0.15, -0.1) is 0 Å². The molecule has 0 nitrogen and oxygen atoms in total. The van der Waals surface area contributed by atoms with Crippen molar-refractivity contribution in [1.29, 1.82) is 0 Å². The van der Waals surface area contributed by atoms with Crippen LogP contribution in [0.1, 0.15) is 136 Å². The molecule has 6 aromatic carbocycles. The minimum atomic E-state index is -1.02. The van der Waals surface area contributed by atoms with E-state index in [1.165, 1.54) is 51.9 Å². The van der Waals surface area contributed by atoms with E-state index in [4.69, 9.17) is 0 Å².